The third-order valence-corrected chi connectivity index (χ3v) is 4.36. The molecule has 0 bridgehead atoms. The smallest absolute Gasteiger partial charge is 0.162 e. The molecular weight excluding hydrogens is 262 g/mol. The summed E-state index contributed by atoms with van der Waals surface area (Å²) in [5, 5.41) is 3.76. The summed E-state index contributed by atoms with van der Waals surface area (Å²) in [6.45, 7) is 9.88. The molecule has 3 heteroatoms. The van der Waals surface area contributed by atoms with Crippen LogP contribution >= 0.6 is 0 Å². The quantitative estimate of drug-likeness (QED) is 0.862. The van der Waals surface area contributed by atoms with E-state index in [0.717, 1.165) is 0 Å². The maximum Gasteiger partial charge on any atom is 0.162 e. The van der Waals surface area contributed by atoms with Gasteiger partial charge in [-0.2, -0.15) is 0 Å². The van der Waals surface area contributed by atoms with E-state index in [9.17, 15) is 0 Å². The Kier molecular flexibility index (Phi) is 5.80. The van der Waals surface area contributed by atoms with E-state index < -0.39 is 5.79 Å². The SMILES string of the molecule is CCC(CC)C(NC1COC(C)(C)OC1)c1ccccc1. The van der Waals surface area contributed by atoms with E-state index in [-0.39, 0.29) is 6.04 Å². The van der Waals surface area contributed by atoms with E-state index in [1.165, 1.54) is 18.4 Å². The van der Waals surface area contributed by atoms with Crippen molar-refractivity contribution in [3.8, 4) is 0 Å². The normalized spacial score (nSPS) is 20.6. The first-order valence-electron chi connectivity index (χ1n) is 8.14. The van der Waals surface area contributed by atoms with Crippen molar-refractivity contribution < 1.29 is 9.47 Å². The van der Waals surface area contributed by atoms with Gasteiger partial charge in [-0.25, -0.2) is 0 Å². The maximum absolute atomic E-state index is 5.78. The molecule has 1 unspecified atom stereocenters. The van der Waals surface area contributed by atoms with Crippen LogP contribution in [0.25, 0.3) is 0 Å². The highest BCUT2D eigenvalue weighted by Crippen LogP contribution is 2.29. The van der Waals surface area contributed by atoms with E-state index in [2.05, 4.69) is 49.5 Å². The number of hydrogen-bond acceptors (Lipinski definition) is 3. The van der Waals surface area contributed by atoms with E-state index >= 15 is 0 Å². The van der Waals surface area contributed by atoms with Gasteiger partial charge in [0.15, 0.2) is 5.79 Å². The molecule has 0 spiro atoms. The zero-order valence-electron chi connectivity index (χ0n) is 13.8. The molecule has 1 heterocycles. The Morgan fingerprint density at radius 3 is 2.19 bits per heavy atom. The largest absolute Gasteiger partial charge is 0.349 e. The van der Waals surface area contributed by atoms with E-state index in [0.29, 0.717) is 25.2 Å². The van der Waals surface area contributed by atoms with E-state index in [1.807, 2.05) is 13.8 Å². The van der Waals surface area contributed by atoms with Crippen LogP contribution in [0.4, 0.5) is 0 Å². The lowest BCUT2D eigenvalue weighted by molar-refractivity contribution is -0.253. The third kappa shape index (κ3) is 4.53. The monoisotopic (exact) mass is 291 g/mol. The van der Waals surface area contributed by atoms with Crippen LogP contribution in [0.15, 0.2) is 30.3 Å². The van der Waals surface area contributed by atoms with Gasteiger partial charge in [0.2, 0.25) is 0 Å². The fourth-order valence-corrected chi connectivity index (χ4v) is 2.97. The van der Waals surface area contributed by atoms with Crippen molar-refractivity contribution in [3.63, 3.8) is 0 Å². The van der Waals surface area contributed by atoms with Crippen LogP contribution in [-0.2, 0) is 9.47 Å². The van der Waals surface area contributed by atoms with Gasteiger partial charge in [-0.1, -0.05) is 57.0 Å². The molecule has 1 aliphatic heterocycles. The maximum atomic E-state index is 5.78. The van der Waals surface area contributed by atoms with Gasteiger partial charge in [-0.15, -0.1) is 0 Å². The summed E-state index contributed by atoms with van der Waals surface area (Å²) >= 11 is 0. The summed E-state index contributed by atoms with van der Waals surface area (Å²) in [5.41, 5.74) is 1.36. The molecule has 1 saturated heterocycles. The van der Waals surface area contributed by atoms with Crippen molar-refractivity contribution in [3.05, 3.63) is 35.9 Å². The van der Waals surface area contributed by atoms with Crippen LogP contribution in [0.1, 0.15) is 52.1 Å². The Morgan fingerprint density at radius 2 is 1.67 bits per heavy atom. The van der Waals surface area contributed by atoms with Crippen molar-refractivity contribution in [1.29, 1.82) is 0 Å². The molecule has 1 N–H and O–H groups in total. The van der Waals surface area contributed by atoms with Gasteiger partial charge >= 0.3 is 0 Å². The second-order valence-electron chi connectivity index (χ2n) is 6.35. The predicted octanol–water partition coefficient (Wildman–Crippen LogP) is 3.91. The van der Waals surface area contributed by atoms with E-state index in [4.69, 9.17) is 9.47 Å². The van der Waals surface area contributed by atoms with Crippen LogP contribution in [0.3, 0.4) is 0 Å². The fourth-order valence-electron chi connectivity index (χ4n) is 2.97. The first-order chi connectivity index (χ1) is 10.1. The molecule has 0 aromatic heterocycles. The molecule has 0 amide bonds. The second kappa shape index (κ2) is 7.39. The van der Waals surface area contributed by atoms with Crippen molar-refractivity contribution in [2.75, 3.05) is 13.2 Å². The molecular formula is C18H29NO2. The topological polar surface area (TPSA) is 30.5 Å². The number of rotatable bonds is 6. The van der Waals surface area contributed by atoms with E-state index in [1.54, 1.807) is 0 Å². The molecule has 0 radical (unpaired) electrons. The molecule has 3 nitrogen and oxygen atoms in total. The minimum atomic E-state index is -0.449. The molecule has 2 rings (SSSR count). The first kappa shape index (κ1) is 16.5. The Morgan fingerprint density at radius 1 is 1.10 bits per heavy atom. The third-order valence-electron chi connectivity index (χ3n) is 4.36. The summed E-state index contributed by atoms with van der Waals surface area (Å²) < 4.78 is 11.6. The summed E-state index contributed by atoms with van der Waals surface area (Å²) in [4.78, 5) is 0. The molecule has 1 aromatic carbocycles. The first-order valence-corrected chi connectivity index (χ1v) is 8.14. The van der Waals surface area contributed by atoms with Gasteiger partial charge < -0.3 is 14.8 Å². The number of nitrogens with one attached hydrogen (secondary N) is 1. The number of ether oxygens (including phenoxy) is 2. The minimum absolute atomic E-state index is 0.254. The highest BCUT2D eigenvalue weighted by atomic mass is 16.7. The van der Waals surface area contributed by atoms with Gasteiger partial charge in [0, 0.05) is 6.04 Å². The molecule has 1 aromatic rings. The minimum Gasteiger partial charge on any atom is -0.349 e. The lowest BCUT2D eigenvalue weighted by atomic mass is 9.88. The van der Waals surface area contributed by atoms with Crippen LogP contribution in [-0.4, -0.2) is 25.0 Å². The van der Waals surface area contributed by atoms with Crippen LogP contribution < -0.4 is 5.32 Å². The van der Waals surface area contributed by atoms with Gasteiger partial charge in [0.25, 0.3) is 0 Å². The summed E-state index contributed by atoms with van der Waals surface area (Å²) in [5.74, 6) is 0.178. The molecule has 21 heavy (non-hydrogen) atoms. The highest BCUT2D eigenvalue weighted by molar-refractivity contribution is 5.20. The number of hydrogen-bond donors (Lipinski definition) is 1. The number of benzene rings is 1. The van der Waals surface area contributed by atoms with Gasteiger partial charge in [0.1, 0.15) is 0 Å². The van der Waals surface area contributed by atoms with Gasteiger partial charge in [0.05, 0.1) is 19.3 Å². The summed E-state index contributed by atoms with van der Waals surface area (Å²) in [7, 11) is 0. The average Bonchev–Trinajstić information content (AvgIpc) is 2.50. The lowest BCUT2D eigenvalue weighted by Crippen LogP contribution is -2.50. The van der Waals surface area contributed by atoms with Crippen molar-refractivity contribution >= 4 is 0 Å². The summed E-state index contributed by atoms with van der Waals surface area (Å²) in [6.07, 6.45) is 2.34. The van der Waals surface area contributed by atoms with Crippen molar-refractivity contribution in [2.45, 2.75) is 58.4 Å². The Bertz CT molecular complexity index is 404. The zero-order valence-corrected chi connectivity index (χ0v) is 13.8. The Labute approximate surface area is 129 Å². The second-order valence-corrected chi connectivity index (χ2v) is 6.35. The molecule has 0 saturated carbocycles. The Balaban J connectivity index is 2.06. The summed E-state index contributed by atoms with van der Waals surface area (Å²) in [6, 6.07) is 11.3. The lowest BCUT2D eigenvalue weighted by Gasteiger charge is -2.38. The molecule has 1 atom stereocenters. The molecule has 1 fully saturated rings. The van der Waals surface area contributed by atoms with Crippen LogP contribution in [0, 0.1) is 5.92 Å². The van der Waals surface area contributed by atoms with Crippen LogP contribution in [0.2, 0.25) is 0 Å². The Hall–Kier alpha value is -0.900. The highest BCUT2D eigenvalue weighted by Gasteiger charge is 2.31. The van der Waals surface area contributed by atoms with Gasteiger partial charge in [-0.3, -0.25) is 0 Å². The average molecular weight is 291 g/mol. The predicted molar refractivity (Wildman–Crippen MR) is 86.2 cm³/mol. The van der Waals surface area contributed by atoms with Crippen molar-refractivity contribution in [2.24, 2.45) is 5.92 Å². The molecule has 1 aliphatic rings. The standard InChI is InChI=1S/C18H29NO2/c1-5-14(6-2)17(15-10-8-7-9-11-15)19-16-12-20-18(3,4)21-13-16/h7-11,14,16-17,19H,5-6,12-13H2,1-4H3. The zero-order chi connectivity index (χ0) is 15.3. The van der Waals surface area contributed by atoms with Crippen molar-refractivity contribution in [1.82, 2.24) is 5.32 Å². The van der Waals surface area contributed by atoms with Crippen LogP contribution in [0.5, 0.6) is 0 Å². The molecule has 118 valence electrons. The molecule has 0 aliphatic carbocycles. The van der Waals surface area contributed by atoms with Gasteiger partial charge in [-0.05, 0) is 25.3 Å². The fraction of sp³-hybridized carbons (Fsp3) is 0.667.